The number of aromatic nitrogens is 2. The molecule has 148 valence electrons. The molecule has 0 saturated carbocycles. The van der Waals surface area contributed by atoms with Crippen LogP contribution in [0.1, 0.15) is 24.7 Å². The Balaban J connectivity index is 1.89. The van der Waals surface area contributed by atoms with Crippen LogP contribution in [0, 0.1) is 0 Å². The van der Waals surface area contributed by atoms with Gasteiger partial charge < -0.3 is 9.26 Å². The summed E-state index contributed by atoms with van der Waals surface area (Å²) in [6.07, 6.45) is 1.54. The number of nitrogens with one attached hydrogen (secondary N) is 1. The van der Waals surface area contributed by atoms with Crippen LogP contribution in [0.4, 0.5) is 0 Å². The third-order valence-corrected chi connectivity index (χ3v) is 5.83. The fraction of sp³-hybridized carbons (Fsp3) is 0.263. The molecule has 0 unspecified atom stereocenters. The van der Waals surface area contributed by atoms with Gasteiger partial charge in [0.25, 0.3) is 5.89 Å². The lowest BCUT2D eigenvalue weighted by atomic mass is 10.2. The highest BCUT2D eigenvalue weighted by Gasteiger charge is 2.20. The zero-order valence-electron chi connectivity index (χ0n) is 15.5. The molecule has 7 nitrogen and oxygen atoms in total. The Bertz CT molecular complexity index is 1070. The van der Waals surface area contributed by atoms with Gasteiger partial charge in [0.05, 0.1) is 17.6 Å². The van der Waals surface area contributed by atoms with Crippen LogP contribution in [0.25, 0.3) is 11.5 Å². The van der Waals surface area contributed by atoms with Crippen LogP contribution in [0.3, 0.4) is 0 Å². The smallest absolute Gasteiger partial charge is 0.261 e. The Morgan fingerprint density at radius 2 is 2.00 bits per heavy atom. The molecule has 9 heteroatoms. The number of halogens is 1. The predicted molar refractivity (Wildman–Crippen MR) is 106 cm³/mol. The van der Waals surface area contributed by atoms with Gasteiger partial charge in [0.2, 0.25) is 10.0 Å². The van der Waals surface area contributed by atoms with Gasteiger partial charge in [-0.2, -0.15) is 4.98 Å². The van der Waals surface area contributed by atoms with E-state index in [2.05, 4.69) is 14.9 Å². The molecule has 0 saturated heterocycles. The molecule has 0 radical (unpaired) electrons. The van der Waals surface area contributed by atoms with Gasteiger partial charge in [-0.3, -0.25) is 0 Å². The number of hydrogen-bond donors (Lipinski definition) is 1. The molecule has 0 amide bonds. The minimum Gasteiger partial charge on any atom is -0.496 e. The largest absolute Gasteiger partial charge is 0.496 e. The molecule has 3 aromatic rings. The molecule has 2 aromatic carbocycles. The van der Waals surface area contributed by atoms with Crippen LogP contribution in [0.2, 0.25) is 5.02 Å². The molecule has 0 aliphatic heterocycles. The number of nitrogens with zero attached hydrogens (tertiary/aromatic N) is 2. The van der Waals surface area contributed by atoms with Crippen molar-refractivity contribution in [2.24, 2.45) is 0 Å². The number of ether oxygens (including phenoxy) is 1. The molecule has 0 fully saturated rings. The van der Waals surface area contributed by atoms with Crippen molar-refractivity contribution in [1.82, 2.24) is 14.9 Å². The molecule has 0 spiro atoms. The number of methoxy groups -OCH3 is 1. The molecule has 1 N–H and O–H groups in total. The Morgan fingerprint density at radius 3 is 2.71 bits per heavy atom. The number of benzene rings is 2. The summed E-state index contributed by atoms with van der Waals surface area (Å²) < 4.78 is 38.7. The van der Waals surface area contributed by atoms with Gasteiger partial charge in [-0.1, -0.05) is 41.9 Å². The Kier molecular flexibility index (Phi) is 6.33. The highest BCUT2D eigenvalue weighted by Crippen LogP contribution is 2.31. The van der Waals surface area contributed by atoms with Crippen LogP contribution in [-0.4, -0.2) is 25.7 Å². The molecule has 0 aliphatic carbocycles. The highest BCUT2D eigenvalue weighted by atomic mass is 35.5. The molecule has 0 aliphatic rings. The maximum atomic E-state index is 12.7. The normalized spacial score (nSPS) is 11.5. The van der Waals surface area contributed by atoms with Crippen molar-refractivity contribution in [2.45, 2.75) is 31.2 Å². The van der Waals surface area contributed by atoms with E-state index in [0.29, 0.717) is 34.1 Å². The quantitative estimate of drug-likeness (QED) is 0.594. The molecule has 1 aromatic heterocycles. The van der Waals surface area contributed by atoms with E-state index in [1.165, 1.54) is 19.2 Å². The van der Waals surface area contributed by atoms with Crippen molar-refractivity contribution in [3.8, 4) is 17.2 Å². The molecule has 28 heavy (non-hydrogen) atoms. The Hall–Kier alpha value is -2.42. The summed E-state index contributed by atoms with van der Waals surface area (Å²) >= 11 is 6.09. The highest BCUT2D eigenvalue weighted by molar-refractivity contribution is 7.89. The summed E-state index contributed by atoms with van der Waals surface area (Å²) in [5, 5.41) is 4.41. The van der Waals surface area contributed by atoms with E-state index in [0.717, 1.165) is 6.42 Å². The summed E-state index contributed by atoms with van der Waals surface area (Å²) in [7, 11) is -2.30. The molecular formula is C19H20ClN3O4S. The summed E-state index contributed by atoms with van der Waals surface area (Å²) in [5.41, 5.74) is 1.10. The standard InChI is InChI=1S/C19H20ClN3O4S/c1-3-6-18-22-19(27-23-18)15-11-14(9-10-17(15)26-2)28(24,25)21-12-13-7-4-5-8-16(13)20/h4-5,7-11,21H,3,6,12H2,1-2H3. The summed E-state index contributed by atoms with van der Waals surface area (Å²) in [4.78, 5) is 4.38. The molecule has 3 rings (SSSR count). The zero-order valence-corrected chi connectivity index (χ0v) is 17.0. The molecule has 1 heterocycles. The lowest BCUT2D eigenvalue weighted by molar-refractivity contribution is 0.402. The van der Waals surface area contributed by atoms with E-state index in [9.17, 15) is 8.42 Å². The number of hydrogen-bond acceptors (Lipinski definition) is 6. The van der Waals surface area contributed by atoms with Crippen LogP contribution < -0.4 is 9.46 Å². The van der Waals surface area contributed by atoms with Crippen LogP contribution in [0.5, 0.6) is 5.75 Å². The maximum Gasteiger partial charge on any atom is 0.261 e. The minimum atomic E-state index is -3.79. The average molecular weight is 422 g/mol. The first-order valence-corrected chi connectivity index (χ1v) is 10.5. The molecular weight excluding hydrogens is 402 g/mol. The predicted octanol–water partition coefficient (Wildman–Crippen LogP) is 3.83. The fourth-order valence-corrected chi connectivity index (χ4v) is 3.84. The second kappa shape index (κ2) is 8.72. The van der Waals surface area contributed by atoms with Crippen molar-refractivity contribution in [2.75, 3.05) is 7.11 Å². The van der Waals surface area contributed by atoms with E-state index in [-0.39, 0.29) is 17.3 Å². The van der Waals surface area contributed by atoms with Crippen molar-refractivity contribution >= 4 is 21.6 Å². The second-order valence-corrected chi connectivity index (χ2v) is 8.22. The van der Waals surface area contributed by atoms with Crippen molar-refractivity contribution in [3.05, 3.63) is 58.9 Å². The average Bonchev–Trinajstić information content (AvgIpc) is 3.15. The van der Waals surface area contributed by atoms with Crippen molar-refractivity contribution in [1.29, 1.82) is 0 Å². The Labute approximate surface area is 168 Å². The first-order chi connectivity index (χ1) is 13.4. The van der Waals surface area contributed by atoms with Gasteiger partial charge >= 0.3 is 0 Å². The maximum absolute atomic E-state index is 12.7. The lowest BCUT2D eigenvalue weighted by Gasteiger charge is -2.10. The van der Waals surface area contributed by atoms with Gasteiger partial charge in [0.1, 0.15) is 5.75 Å². The topological polar surface area (TPSA) is 94.3 Å². The van der Waals surface area contributed by atoms with E-state index < -0.39 is 10.0 Å². The number of rotatable bonds is 8. The van der Waals surface area contributed by atoms with E-state index in [1.54, 1.807) is 30.3 Å². The SMILES string of the molecule is CCCc1noc(-c2cc(S(=O)(=O)NCc3ccccc3Cl)ccc2OC)n1. The van der Waals surface area contributed by atoms with Gasteiger partial charge in [0, 0.05) is 18.0 Å². The summed E-state index contributed by atoms with van der Waals surface area (Å²) in [5.74, 6) is 1.21. The number of aryl methyl sites for hydroxylation is 1. The fourth-order valence-electron chi connectivity index (χ4n) is 2.61. The lowest BCUT2D eigenvalue weighted by Crippen LogP contribution is -2.23. The molecule has 0 bridgehead atoms. The zero-order chi connectivity index (χ0) is 20.1. The first-order valence-electron chi connectivity index (χ1n) is 8.68. The third-order valence-electron chi connectivity index (χ3n) is 4.06. The first kappa shape index (κ1) is 20.3. The summed E-state index contributed by atoms with van der Waals surface area (Å²) in [6.45, 7) is 2.08. The van der Waals surface area contributed by atoms with E-state index in [4.69, 9.17) is 20.9 Å². The van der Waals surface area contributed by atoms with Gasteiger partial charge in [-0.25, -0.2) is 13.1 Å². The van der Waals surface area contributed by atoms with Crippen molar-refractivity contribution in [3.63, 3.8) is 0 Å². The van der Waals surface area contributed by atoms with Crippen LogP contribution in [-0.2, 0) is 23.0 Å². The van der Waals surface area contributed by atoms with Crippen molar-refractivity contribution < 1.29 is 17.7 Å². The third kappa shape index (κ3) is 4.52. The Morgan fingerprint density at radius 1 is 1.21 bits per heavy atom. The van der Waals surface area contributed by atoms with Gasteiger partial charge in [-0.05, 0) is 36.2 Å². The summed E-state index contributed by atoms with van der Waals surface area (Å²) in [6, 6.07) is 11.5. The molecule has 0 atom stereocenters. The van der Waals surface area contributed by atoms with Gasteiger partial charge in [0.15, 0.2) is 5.82 Å². The van der Waals surface area contributed by atoms with Gasteiger partial charge in [-0.15, -0.1) is 0 Å². The van der Waals surface area contributed by atoms with Crippen LogP contribution in [0.15, 0.2) is 51.9 Å². The van der Waals surface area contributed by atoms with Crippen LogP contribution >= 0.6 is 11.6 Å². The second-order valence-electron chi connectivity index (χ2n) is 6.04. The van der Waals surface area contributed by atoms with E-state index in [1.807, 2.05) is 6.92 Å². The van der Waals surface area contributed by atoms with E-state index >= 15 is 0 Å². The minimum absolute atomic E-state index is 0.0607. The number of sulfonamides is 1. The monoisotopic (exact) mass is 421 g/mol.